The van der Waals surface area contributed by atoms with Gasteiger partial charge in [-0.1, -0.05) is 0 Å². The van der Waals surface area contributed by atoms with Gasteiger partial charge in [0.25, 0.3) is 0 Å². The van der Waals surface area contributed by atoms with Crippen LogP contribution in [0.3, 0.4) is 0 Å². The van der Waals surface area contributed by atoms with Crippen LogP contribution in [0.15, 0.2) is 31.1 Å². The van der Waals surface area contributed by atoms with Gasteiger partial charge in [-0.2, -0.15) is 0 Å². The predicted molar refractivity (Wildman–Crippen MR) is 67.9 cm³/mol. The van der Waals surface area contributed by atoms with Crippen LogP contribution in [0, 0.1) is 0 Å². The number of rotatable bonds is 5. The summed E-state index contributed by atoms with van der Waals surface area (Å²) in [5.74, 6) is 0.924. The van der Waals surface area contributed by atoms with Gasteiger partial charge >= 0.3 is 0 Å². The SMILES string of the molecule is CC(C)Nc1nccn1C(C)Cn1ccnc1. The molecule has 0 bridgehead atoms. The summed E-state index contributed by atoms with van der Waals surface area (Å²) in [4.78, 5) is 8.38. The van der Waals surface area contributed by atoms with Gasteiger partial charge in [-0.25, -0.2) is 9.97 Å². The highest BCUT2D eigenvalue weighted by Crippen LogP contribution is 2.15. The molecule has 0 saturated carbocycles. The summed E-state index contributed by atoms with van der Waals surface area (Å²) in [7, 11) is 0. The van der Waals surface area contributed by atoms with Gasteiger partial charge in [0.1, 0.15) is 0 Å². The largest absolute Gasteiger partial charge is 0.353 e. The highest BCUT2D eigenvalue weighted by Gasteiger charge is 2.10. The van der Waals surface area contributed by atoms with E-state index in [1.807, 2.05) is 24.9 Å². The molecule has 0 aliphatic rings. The lowest BCUT2D eigenvalue weighted by Crippen LogP contribution is -2.18. The fourth-order valence-electron chi connectivity index (χ4n) is 1.83. The van der Waals surface area contributed by atoms with E-state index in [2.05, 4.69) is 45.2 Å². The van der Waals surface area contributed by atoms with Gasteiger partial charge in [0.05, 0.1) is 12.4 Å². The molecule has 0 fully saturated rings. The Labute approximate surface area is 102 Å². The summed E-state index contributed by atoms with van der Waals surface area (Å²) in [5, 5.41) is 3.34. The van der Waals surface area contributed by atoms with Crippen LogP contribution in [0.25, 0.3) is 0 Å². The smallest absolute Gasteiger partial charge is 0.203 e. The lowest BCUT2D eigenvalue weighted by molar-refractivity contribution is 0.466. The number of hydrogen-bond donors (Lipinski definition) is 1. The molecular weight excluding hydrogens is 214 g/mol. The Kier molecular flexibility index (Phi) is 3.46. The van der Waals surface area contributed by atoms with Crippen LogP contribution in [0.2, 0.25) is 0 Å². The van der Waals surface area contributed by atoms with Gasteiger partial charge in [-0.3, -0.25) is 0 Å². The summed E-state index contributed by atoms with van der Waals surface area (Å²) in [6, 6.07) is 0.726. The molecule has 0 saturated heterocycles. The minimum Gasteiger partial charge on any atom is -0.353 e. The minimum absolute atomic E-state index is 0.341. The van der Waals surface area contributed by atoms with E-state index in [4.69, 9.17) is 0 Å². The molecule has 2 aromatic heterocycles. The summed E-state index contributed by atoms with van der Waals surface area (Å²) < 4.78 is 4.23. The van der Waals surface area contributed by atoms with Gasteiger partial charge < -0.3 is 14.5 Å². The molecule has 0 radical (unpaired) electrons. The predicted octanol–water partition coefficient (Wildman–Crippen LogP) is 2.16. The Balaban J connectivity index is 2.08. The zero-order chi connectivity index (χ0) is 12.3. The molecular formula is C12H19N5. The topological polar surface area (TPSA) is 47.7 Å². The number of nitrogens with one attached hydrogen (secondary N) is 1. The van der Waals surface area contributed by atoms with Gasteiger partial charge in [-0.15, -0.1) is 0 Å². The second-order valence-corrected chi connectivity index (χ2v) is 4.57. The third-order valence-electron chi connectivity index (χ3n) is 2.60. The molecule has 5 heteroatoms. The van der Waals surface area contributed by atoms with Crippen LogP contribution in [0.5, 0.6) is 0 Å². The first-order valence-corrected chi connectivity index (χ1v) is 5.92. The quantitative estimate of drug-likeness (QED) is 0.861. The molecule has 0 aliphatic carbocycles. The lowest BCUT2D eigenvalue weighted by Gasteiger charge is -2.18. The summed E-state index contributed by atoms with van der Waals surface area (Å²) in [6.07, 6.45) is 9.45. The zero-order valence-corrected chi connectivity index (χ0v) is 10.5. The van der Waals surface area contributed by atoms with E-state index in [-0.39, 0.29) is 0 Å². The monoisotopic (exact) mass is 233 g/mol. The van der Waals surface area contributed by atoms with E-state index < -0.39 is 0 Å². The van der Waals surface area contributed by atoms with Gasteiger partial charge in [0, 0.05) is 37.4 Å². The molecule has 0 aromatic carbocycles. The van der Waals surface area contributed by atoms with Gasteiger partial charge in [0.2, 0.25) is 5.95 Å². The normalized spacial score (nSPS) is 12.9. The lowest BCUT2D eigenvalue weighted by atomic mass is 10.3. The maximum Gasteiger partial charge on any atom is 0.203 e. The van der Waals surface area contributed by atoms with Crippen LogP contribution in [0.1, 0.15) is 26.8 Å². The standard InChI is InChI=1S/C12H19N5/c1-10(2)15-12-14-5-7-17(12)11(3)8-16-6-4-13-9-16/h4-7,9-11H,8H2,1-3H3,(H,14,15). The fourth-order valence-corrected chi connectivity index (χ4v) is 1.83. The van der Waals surface area contributed by atoms with Crippen molar-refractivity contribution in [1.82, 2.24) is 19.1 Å². The molecule has 5 nitrogen and oxygen atoms in total. The highest BCUT2D eigenvalue weighted by atomic mass is 15.2. The van der Waals surface area contributed by atoms with Crippen molar-refractivity contribution in [2.45, 2.75) is 39.4 Å². The Morgan fingerprint density at radius 1 is 1.24 bits per heavy atom. The van der Waals surface area contributed by atoms with Gasteiger partial charge in [-0.05, 0) is 20.8 Å². The van der Waals surface area contributed by atoms with Crippen LogP contribution < -0.4 is 5.32 Å². The zero-order valence-electron chi connectivity index (χ0n) is 10.5. The highest BCUT2D eigenvalue weighted by molar-refractivity contribution is 5.27. The van der Waals surface area contributed by atoms with Gasteiger partial charge in [0.15, 0.2) is 0 Å². The van der Waals surface area contributed by atoms with Crippen molar-refractivity contribution in [3.05, 3.63) is 31.1 Å². The maximum atomic E-state index is 4.33. The fraction of sp³-hybridized carbons (Fsp3) is 0.500. The van der Waals surface area contributed by atoms with E-state index >= 15 is 0 Å². The third-order valence-corrected chi connectivity index (χ3v) is 2.60. The second kappa shape index (κ2) is 5.03. The first-order valence-electron chi connectivity index (χ1n) is 5.92. The molecule has 1 atom stereocenters. The molecule has 0 spiro atoms. The van der Waals surface area contributed by atoms with E-state index in [1.54, 1.807) is 6.20 Å². The Morgan fingerprint density at radius 3 is 2.71 bits per heavy atom. The first kappa shape index (κ1) is 11.7. The van der Waals surface area contributed by atoms with Crippen molar-refractivity contribution in [3.8, 4) is 0 Å². The van der Waals surface area contributed by atoms with Crippen molar-refractivity contribution < 1.29 is 0 Å². The van der Waals surface area contributed by atoms with Crippen LogP contribution in [0.4, 0.5) is 5.95 Å². The molecule has 2 rings (SSSR count). The van der Waals surface area contributed by atoms with Crippen LogP contribution in [-0.2, 0) is 6.54 Å². The summed E-state index contributed by atoms with van der Waals surface area (Å²) in [5.41, 5.74) is 0. The van der Waals surface area contributed by atoms with Crippen LogP contribution in [-0.4, -0.2) is 25.1 Å². The number of hydrogen-bond acceptors (Lipinski definition) is 3. The number of nitrogens with zero attached hydrogens (tertiary/aromatic N) is 4. The second-order valence-electron chi connectivity index (χ2n) is 4.57. The van der Waals surface area contributed by atoms with E-state index in [0.717, 1.165) is 12.5 Å². The maximum absolute atomic E-state index is 4.33. The van der Waals surface area contributed by atoms with Crippen molar-refractivity contribution in [1.29, 1.82) is 0 Å². The minimum atomic E-state index is 0.341. The Hall–Kier alpha value is -1.78. The van der Waals surface area contributed by atoms with Crippen molar-refractivity contribution in [2.24, 2.45) is 0 Å². The van der Waals surface area contributed by atoms with Crippen molar-refractivity contribution >= 4 is 5.95 Å². The Morgan fingerprint density at radius 2 is 2.06 bits per heavy atom. The van der Waals surface area contributed by atoms with Crippen molar-refractivity contribution in [3.63, 3.8) is 0 Å². The number of imidazole rings is 2. The molecule has 1 unspecified atom stereocenters. The van der Waals surface area contributed by atoms with E-state index in [9.17, 15) is 0 Å². The summed E-state index contributed by atoms with van der Waals surface area (Å²) in [6.45, 7) is 7.29. The molecule has 17 heavy (non-hydrogen) atoms. The van der Waals surface area contributed by atoms with Crippen LogP contribution >= 0.6 is 0 Å². The first-order chi connectivity index (χ1) is 8.16. The molecule has 0 aliphatic heterocycles. The number of aromatic nitrogens is 4. The Bertz CT molecular complexity index is 443. The number of anilines is 1. The van der Waals surface area contributed by atoms with E-state index in [0.29, 0.717) is 12.1 Å². The summed E-state index contributed by atoms with van der Waals surface area (Å²) >= 11 is 0. The molecule has 2 heterocycles. The molecule has 2 aromatic rings. The van der Waals surface area contributed by atoms with E-state index in [1.165, 1.54) is 0 Å². The average Bonchev–Trinajstić information content (AvgIpc) is 2.87. The average molecular weight is 233 g/mol. The molecule has 0 amide bonds. The van der Waals surface area contributed by atoms with Crippen molar-refractivity contribution in [2.75, 3.05) is 5.32 Å². The molecule has 1 N–H and O–H groups in total. The molecule has 92 valence electrons. The third kappa shape index (κ3) is 2.87.